The number of hydrogen-bond donors (Lipinski definition) is 2. The van der Waals surface area contributed by atoms with Crippen LogP contribution >= 0.6 is 0 Å². The molecule has 5 nitrogen and oxygen atoms in total. The highest BCUT2D eigenvalue weighted by molar-refractivity contribution is 5.93. The highest BCUT2D eigenvalue weighted by Gasteiger charge is 2.14. The average Bonchev–Trinajstić information content (AvgIpc) is 2.48. The van der Waals surface area contributed by atoms with Gasteiger partial charge < -0.3 is 15.2 Å². The Bertz CT molecular complexity index is 510. The lowest BCUT2D eigenvalue weighted by atomic mass is 10.0. The van der Waals surface area contributed by atoms with Crippen molar-refractivity contribution in [3.05, 3.63) is 29.8 Å². The molecule has 5 heteroatoms. The molecule has 0 heterocycles. The van der Waals surface area contributed by atoms with E-state index in [1.165, 1.54) is 0 Å². The van der Waals surface area contributed by atoms with Crippen LogP contribution in [0.1, 0.15) is 39.7 Å². The van der Waals surface area contributed by atoms with E-state index in [9.17, 15) is 9.59 Å². The smallest absolute Gasteiger partial charge is 0.306 e. The van der Waals surface area contributed by atoms with Gasteiger partial charge in [-0.2, -0.15) is 0 Å². The van der Waals surface area contributed by atoms with Crippen LogP contribution in [0.2, 0.25) is 0 Å². The summed E-state index contributed by atoms with van der Waals surface area (Å²) < 4.78 is 5.51. The molecule has 1 rings (SSSR count). The van der Waals surface area contributed by atoms with Crippen molar-refractivity contribution >= 4 is 17.6 Å². The van der Waals surface area contributed by atoms with Gasteiger partial charge >= 0.3 is 5.97 Å². The van der Waals surface area contributed by atoms with Crippen LogP contribution < -0.4 is 5.32 Å². The van der Waals surface area contributed by atoms with Crippen LogP contribution in [0.4, 0.5) is 5.69 Å². The van der Waals surface area contributed by atoms with E-state index in [1.54, 1.807) is 26.0 Å². The molecule has 2 atom stereocenters. The lowest BCUT2D eigenvalue weighted by Crippen LogP contribution is -2.28. The molecule has 128 valence electrons. The van der Waals surface area contributed by atoms with Gasteiger partial charge in [0.05, 0.1) is 5.92 Å². The molecule has 0 aliphatic heterocycles. The van der Waals surface area contributed by atoms with Gasteiger partial charge in [-0.05, 0) is 43.4 Å². The molecule has 0 saturated heterocycles. The third-order valence-electron chi connectivity index (χ3n) is 3.62. The Balaban J connectivity index is 2.47. The van der Waals surface area contributed by atoms with Crippen molar-refractivity contribution < 1.29 is 19.4 Å². The predicted octanol–water partition coefficient (Wildman–Crippen LogP) is 3.34. The lowest BCUT2D eigenvalue weighted by Gasteiger charge is -2.14. The average molecular weight is 321 g/mol. The van der Waals surface area contributed by atoms with E-state index in [1.807, 2.05) is 12.1 Å². The molecular formula is C18H27NO4. The van der Waals surface area contributed by atoms with E-state index in [0.29, 0.717) is 24.6 Å². The first kappa shape index (κ1) is 19.2. The number of carbonyl (C=O) groups excluding carboxylic acids is 1. The van der Waals surface area contributed by atoms with Gasteiger partial charge in [-0.15, -0.1) is 0 Å². The number of hydrogen-bond acceptors (Lipinski definition) is 3. The van der Waals surface area contributed by atoms with E-state index >= 15 is 0 Å². The predicted molar refractivity (Wildman–Crippen MR) is 90.4 cm³/mol. The maximum Gasteiger partial charge on any atom is 0.306 e. The van der Waals surface area contributed by atoms with Gasteiger partial charge in [0.2, 0.25) is 0 Å². The number of benzene rings is 1. The molecule has 0 radical (unpaired) electrons. The molecule has 1 aromatic carbocycles. The molecule has 0 bridgehead atoms. The Morgan fingerprint density at radius 3 is 2.26 bits per heavy atom. The summed E-state index contributed by atoms with van der Waals surface area (Å²) in [4.78, 5) is 22.9. The summed E-state index contributed by atoms with van der Waals surface area (Å²) in [5.41, 5.74) is 1.61. The van der Waals surface area contributed by atoms with Gasteiger partial charge in [-0.25, -0.2) is 0 Å². The third kappa shape index (κ3) is 7.28. The first-order chi connectivity index (χ1) is 10.8. The zero-order valence-corrected chi connectivity index (χ0v) is 14.3. The SMILES string of the molecule is CC(C)CCOC(C)C(=O)Nc1ccc(CC(C)C(=O)O)cc1. The van der Waals surface area contributed by atoms with Crippen LogP contribution in [0.25, 0.3) is 0 Å². The Morgan fingerprint density at radius 2 is 1.74 bits per heavy atom. The van der Waals surface area contributed by atoms with Crippen molar-refractivity contribution in [1.29, 1.82) is 0 Å². The number of anilines is 1. The second-order valence-electron chi connectivity index (χ2n) is 6.33. The van der Waals surface area contributed by atoms with Gasteiger partial charge in [0.15, 0.2) is 0 Å². The van der Waals surface area contributed by atoms with Crippen molar-refractivity contribution in [1.82, 2.24) is 0 Å². The lowest BCUT2D eigenvalue weighted by molar-refractivity contribution is -0.141. The summed E-state index contributed by atoms with van der Waals surface area (Å²) in [5.74, 6) is -0.869. The van der Waals surface area contributed by atoms with Gasteiger partial charge in [-0.3, -0.25) is 9.59 Å². The standard InChI is InChI=1S/C18H27NO4/c1-12(2)9-10-23-14(4)17(20)19-16-7-5-15(6-8-16)11-13(3)18(21)22/h5-8,12-14H,9-11H2,1-4H3,(H,19,20)(H,21,22). The van der Waals surface area contributed by atoms with Crippen molar-refractivity contribution in [3.8, 4) is 0 Å². The maximum atomic E-state index is 12.0. The molecule has 23 heavy (non-hydrogen) atoms. The van der Waals surface area contributed by atoms with E-state index in [0.717, 1.165) is 12.0 Å². The summed E-state index contributed by atoms with van der Waals surface area (Å²) in [6.07, 6.45) is 0.896. The van der Waals surface area contributed by atoms with Gasteiger partial charge in [-0.1, -0.05) is 32.9 Å². The Labute approximate surface area is 138 Å². The monoisotopic (exact) mass is 321 g/mol. The minimum Gasteiger partial charge on any atom is -0.481 e. The van der Waals surface area contributed by atoms with Crippen molar-refractivity contribution in [3.63, 3.8) is 0 Å². The summed E-state index contributed by atoms with van der Waals surface area (Å²) >= 11 is 0. The molecule has 0 spiro atoms. The number of aliphatic carboxylic acids is 1. The van der Waals surface area contributed by atoms with E-state index in [-0.39, 0.29) is 5.91 Å². The molecule has 1 amide bonds. The highest BCUT2D eigenvalue weighted by atomic mass is 16.5. The van der Waals surface area contributed by atoms with E-state index in [2.05, 4.69) is 19.2 Å². The summed E-state index contributed by atoms with van der Waals surface area (Å²) in [6, 6.07) is 7.23. The number of carboxylic acids is 1. The molecule has 0 aliphatic rings. The molecule has 2 unspecified atom stereocenters. The first-order valence-corrected chi connectivity index (χ1v) is 8.03. The van der Waals surface area contributed by atoms with Crippen molar-refractivity contribution in [2.24, 2.45) is 11.8 Å². The summed E-state index contributed by atoms with van der Waals surface area (Å²) in [7, 11) is 0. The fourth-order valence-electron chi connectivity index (χ4n) is 1.97. The van der Waals surface area contributed by atoms with Crippen molar-refractivity contribution in [2.75, 3.05) is 11.9 Å². The molecule has 2 N–H and O–H groups in total. The van der Waals surface area contributed by atoms with E-state index in [4.69, 9.17) is 9.84 Å². The fraction of sp³-hybridized carbons (Fsp3) is 0.556. The maximum absolute atomic E-state index is 12.0. The van der Waals surface area contributed by atoms with Crippen LogP contribution in [0.3, 0.4) is 0 Å². The van der Waals surface area contributed by atoms with Crippen LogP contribution in [-0.4, -0.2) is 29.7 Å². The van der Waals surface area contributed by atoms with E-state index < -0.39 is 18.0 Å². The molecular weight excluding hydrogens is 294 g/mol. The number of carboxylic acid groups (broad SMARTS) is 1. The topological polar surface area (TPSA) is 75.6 Å². The molecule has 0 aromatic heterocycles. The molecule has 1 aromatic rings. The fourth-order valence-corrected chi connectivity index (χ4v) is 1.97. The molecule has 0 saturated carbocycles. The number of amides is 1. The Morgan fingerprint density at radius 1 is 1.13 bits per heavy atom. The largest absolute Gasteiger partial charge is 0.481 e. The van der Waals surface area contributed by atoms with Crippen LogP contribution in [0, 0.1) is 11.8 Å². The Kier molecular flexibility index (Phi) is 7.75. The first-order valence-electron chi connectivity index (χ1n) is 8.03. The highest BCUT2D eigenvalue weighted by Crippen LogP contribution is 2.14. The number of carbonyl (C=O) groups is 2. The summed E-state index contributed by atoms with van der Waals surface area (Å²) in [6.45, 7) is 8.20. The number of rotatable bonds is 9. The third-order valence-corrected chi connectivity index (χ3v) is 3.62. The second-order valence-corrected chi connectivity index (χ2v) is 6.33. The summed E-state index contributed by atoms with van der Waals surface area (Å²) in [5, 5.41) is 11.7. The normalized spacial score (nSPS) is 13.6. The van der Waals surface area contributed by atoms with Crippen LogP contribution in [0.15, 0.2) is 24.3 Å². The zero-order chi connectivity index (χ0) is 17.4. The molecule has 0 fully saturated rings. The van der Waals surface area contributed by atoms with Crippen molar-refractivity contribution in [2.45, 2.75) is 46.6 Å². The minimum absolute atomic E-state index is 0.180. The van der Waals surface area contributed by atoms with Crippen LogP contribution in [0.5, 0.6) is 0 Å². The molecule has 0 aliphatic carbocycles. The second kappa shape index (κ2) is 9.30. The number of ether oxygens (including phenoxy) is 1. The van der Waals surface area contributed by atoms with Crippen LogP contribution in [-0.2, 0) is 20.7 Å². The quantitative estimate of drug-likeness (QED) is 0.731. The Hall–Kier alpha value is -1.88. The van der Waals surface area contributed by atoms with Gasteiger partial charge in [0.1, 0.15) is 6.10 Å². The minimum atomic E-state index is -0.810. The zero-order valence-electron chi connectivity index (χ0n) is 14.3. The van der Waals surface area contributed by atoms with Gasteiger partial charge in [0, 0.05) is 12.3 Å². The number of nitrogens with one attached hydrogen (secondary N) is 1. The van der Waals surface area contributed by atoms with Gasteiger partial charge in [0.25, 0.3) is 5.91 Å².